The van der Waals surface area contributed by atoms with E-state index in [0.717, 1.165) is 10.4 Å². The summed E-state index contributed by atoms with van der Waals surface area (Å²) in [6.45, 7) is 0. The van der Waals surface area contributed by atoms with Gasteiger partial charge in [-0.15, -0.1) is 11.3 Å². The highest BCUT2D eigenvalue weighted by Gasteiger charge is 2.21. The van der Waals surface area contributed by atoms with Crippen LogP contribution in [0.25, 0.3) is 11.1 Å². The number of nitrogens with zero attached hydrogens (tertiary/aromatic N) is 1. The molecule has 0 aliphatic carbocycles. The Morgan fingerprint density at radius 1 is 0.947 bits per heavy atom. The summed E-state index contributed by atoms with van der Waals surface area (Å²) in [6, 6.07) is 3.92. The van der Waals surface area contributed by atoms with Crippen molar-refractivity contribution in [3.8, 4) is 17.2 Å². The Kier molecular flexibility index (Phi) is 4.89. The van der Waals surface area contributed by atoms with E-state index in [4.69, 9.17) is 63.3 Å². The lowest BCUT2D eigenvalue weighted by molar-refractivity contribution is 1.32. The number of hydrogen-bond donors (Lipinski definition) is 0. The maximum atomic E-state index is 8.68. The van der Waals surface area contributed by atoms with Crippen LogP contribution in [0.2, 0.25) is 25.1 Å². The Labute approximate surface area is 139 Å². The fourth-order valence-corrected chi connectivity index (χ4v) is 3.70. The molecule has 0 aliphatic heterocycles. The lowest BCUT2D eigenvalue weighted by Gasteiger charge is -2.11. The molecule has 1 aromatic heterocycles. The SMILES string of the molecule is N#CCc1cc(-c2c(Cl)c(Cl)c(Cl)c(Cl)c2Cl)cs1. The van der Waals surface area contributed by atoms with Crippen molar-refractivity contribution in [3.05, 3.63) is 41.4 Å². The number of hydrogen-bond acceptors (Lipinski definition) is 2. The Balaban J connectivity index is 2.65. The van der Waals surface area contributed by atoms with Crippen LogP contribution in [-0.4, -0.2) is 0 Å². The van der Waals surface area contributed by atoms with Gasteiger partial charge in [0.1, 0.15) is 0 Å². The van der Waals surface area contributed by atoms with Crippen LogP contribution in [0.3, 0.4) is 0 Å². The molecule has 0 atom stereocenters. The molecule has 0 aliphatic rings. The topological polar surface area (TPSA) is 23.8 Å². The van der Waals surface area contributed by atoms with Crippen molar-refractivity contribution in [2.75, 3.05) is 0 Å². The van der Waals surface area contributed by atoms with Crippen LogP contribution in [0.15, 0.2) is 11.4 Å². The van der Waals surface area contributed by atoms with E-state index in [0.29, 0.717) is 12.0 Å². The van der Waals surface area contributed by atoms with E-state index in [1.165, 1.54) is 11.3 Å². The predicted molar refractivity (Wildman–Crippen MR) is 84.1 cm³/mol. The van der Waals surface area contributed by atoms with Gasteiger partial charge in [-0.25, -0.2) is 0 Å². The Morgan fingerprint density at radius 3 is 2.00 bits per heavy atom. The third-order valence-electron chi connectivity index (χ3n) is 2.41. The van der Waals surface area contributed by atoms with Crippen molar-refractivity contribution >= 4 is 69.3 Å². The molecule has 19 heavy (non-hydrogen) atoms. The van der Waals surface area contributed by atoms with Gasteiger partial charge in [0.25, 0.3) is 0 Å². The van der Waals surface area contributed by atoms with E-state index in [9.17, 15) is 0 Å². The fraction of sp³-hybridized carbons (Fsp3) is 0.0833. The van der Waals surface area contributed by atoms with E-state index >= 15 is 0 Å². The van der Waals surface area contributed by atoms with Crippen molar-refractivity contribution in [1.82, 2.24) is 0 Å². The average molecular weight is 372 g/mol. The molecule has 2 aromatic rings. The highest BCUT2D eigenvalue weighted by atomic mass is 35.5. The lowest BCUT2D eigenvalue weighted by atomic mass is 10.1. The first-order chi connectivity index (χ1) is 8.97. The standard InChI is InChI=1S/C12H4Cl5NS/c13-8-7(5-3-6(1-2-18)19-4-5)9(14)11(16)12(17)10(8)15/h3-4H,1H2. The zero-order valence-electron chi connectivity index (χ0n) is 9.11. The van der Waals surface area contributed by atoms with Crippen LogP contribution in [0, 0.1) is 11.3 Å². The van der Waals surface area contributed by atoms with Gasteiger partial charge in [0.05, 0.1) is 37.6 Å². The van der Waals surface area contributed by atoms with Crippen molar-refractivity contribution in [2.45, 2.75) is 6.42 Å². The van der Waals surface area contributed by atoms with Crippen LogP contribution in [0.4, 0.5) is 0 Å². The maximum Gasteiger partial charge on any atom is 0.0809 e. The largest absolute Gasteiger partial charge is 0.198 e. The Bertz CT molecular complexity index is 657. The fourth-order valence-electron chi connectivity index (χ4n) is 1.54. The summed E-state index contributed by atoms with van der Waals surface area (Å²) in [6.07, 6.45) is 0.328. The molecule has 2 rings (SSSR count). The average Bonchev–Trinajstić information content (AvgIpc) is 2.83. The molecule has 0 N–H and O–H groups in total. The minimum absolute atomic E-state index is 0.134. The predicted octanol–water partition coefficient (Wildman–Crippen LogP) is 6.75. The summed E-state index contributed by atoms with van der Waals surface area (Å²) < 4.78 is 0. The van der Waals surface area contributed by atoms with Crippen LogP contribution < -0.4 is 0 Å². The molecule has 0 fully saturated rings. The molecule has 1 heterocycles. The quantitative estimate of drug-likeness (QED) is 0.423. The van der Waals surface area contributed by atoms with Crippen LogP contribution in [0.1, 0.15) is 4.88 Å². The second-order valence-electron chi connectivity index (χ2n) is 3.58. The summed E-state index contributed by atoms with van der Waals surface area (Å²) in [5, 5.41) is 11.5. The van der Waals surface area contributed by atoms with E-state index in [1.54, 1.807) is 0 Å². The molecule has 0 bridgehead atoms. The van der Waals surface area contributed by atoms with Gasteiger partial charge < -0.3 is 0 Å². The zero-order valence-corrected chi connectivity index (χ0v) is 13.7. The molecule has 0 radical (unpaired) electrons. The molecule has 1 aromatic carbocycles. The number of thiophene rings is 1. The molecule has 7 heteroatoms. The van der Waals surface area contributed by atoms with Gasteiger partial charge in [-0.1, -0.05) is 58.0 Å². The van der Waals surface area contributed by atoms with Gasteiger partial charge >= 0.3 is 0 Å². The van der Waals surface area contributed by atoms with Crippen LogP contribution in [-0.2, 0) is 6.42 Å². The second kappa shape index (κ2) is 6.10. The molecule has 0 amide bonds. The highest BCUT2D eigenvalue weighted by molar-refractivity contribution is 7.10. The maximum absolute atomic E-state index is 8.68. The number of halogens is 5. The van der Waals surface area contributed by atoms with Gasteiger partial charge in [-0.05, 0) is 17.0 Å². The summed E-state index contributed by atoms with van der Waals surface area (Å²) in [5.41, 5.74) is 1.30. The van der Waals surface area contributed by atoms with Crippen molar-refractivity contribution in [1.29, 1.82) is 5.26 Å². The van der Waals surface area contributed by atoms with Gasteiger partial charge in [-0.3, -0.25) is 0 Å². The molecule has 1 nitrogen and oxygen atoms in total. The molecule has 0 saturated carbocycles. The summed E-state index contributed by atoms with van der Waals surface area (Å²) >= 11 is 31.8. The normalized spacial score (nSPS) is 10.5. The van der Waals surface area contributed by atoms with Gasteiger partial charge in [0.2, 0.25) is 0 Å². The Hall–Kier alpha value is -0.140. The molecule has 0 spiro atoms. The summed E-state index contributed by atoms with van der Waals surface area (Å²) in [5.74, 6) is 0. The van der Waals surface area contributed by atoms with Crippen molar-refractivity contribution < 1.29 is 0 Å². The summed E-state index contributed by atoms with van der Waals surface area (Å²) in [4.78, 5) is 0.909. The third kappa shape index (κ3) is 2.83. The monoisotopic (exact) mass is 369 g/mol. The molecular formula is C12H4Cl5NS. The van der Waals surface area contributed by atoms with Gasteiger partial charge in [-0.2, -0.15) is 5.26 Å². The highest BCUT2D eigenvalue weighted by Crippen LogP contribution is 2.48. The second-order valence-corrected chi connectivity index (χ2v) is 6.47. The first-order valence-electron chi connectivity index (χ1n) is 4.93. The number of rotatable bonds is 2. The van der Waals surface area contributed by atoms with E-state index in [1.807, 2.05) is 11.4 Å². The smallest absolute Gasteiger partial charge is 0.0809 e. The van der Waals surface area contributed by atoms with Crippen molar-refractivity contribution in [3.63, 3.8) is 0 Å². The molecule has 0 unspecified atom stereocenters. The van der Waals surface area contributed by atoms with Gasteiger partial charge in [0, 0.05) is 10.4 Å². The van der Waals surface area contributed by atoms with Crippen LogP contribution >= 0.6 is 69.3 Å². The molecule has 98 valence electrons. The number of nitriles is 1. The minimum atomic E-state index is 0.134. The molecular weight excluding hydrogens is 367 g/mol. The van der Waals surface area contributed by atoms with E-state index < -0.39 is 0 Å². The molecule has 0 saturated heterocycles. The van der Waals surface area contributed by atoms with E-state index in [-0.39, 0.29) is 25.1 Å². The van der Waals surface area contributed by atoms with Crippen LogP contribution in [0.5, 0.6) is 0 Å². The zero-order chi connectivity index (χ0) is 14.2. The first-order valence-corrected chi connectivity index (χ1v) is 7.70. The number of benzene rings is 1. The summed E-state index contributed by atoms with van der Waals surface area (Å²) in [7, 11) is 0. The Morgan fingerprint density at radius 2 is 1.47 bits per heavy atom. The lowest BCUT2D eigenvalue weighted by Crippen LogP contribution is -1.85. The third-order valence-corrected chi connectivity index (χ3v) is 5.62. The van der Waals surface area contributed by atoms with Gasteiger partial charge in [0.15, 0.2) is 0 Å². The van der Waals surface area contributed by atoms with Crippen molar-refractivity contribution in [2.24, 2.45) is 0 Å². The minimum Gasteiger partial charge on any atom is -0.198 e. The first kappa shape index (κ1) is 15.3. The van der Waals surface area contributed by atoms with E-state index in [2.05, 4.69) is 6.07 Å².